The van der Waals surface area contributed by atoms with Crippen LogP contribution in [0.1, 0.15) is 75.7 Å². The largest absolute Gasteiger partial charge is 0.388 e. The molecule has 2 aromatic carbocycles. The lowest BCUT2D eigenvalue weighted by Crippen LogP contribution is -2.08. The average molecular weight is 300 g/mol. The Balaban J connectivity index is 2.45. The first kappa shape index (κ1) is 17.0. The summed E-state index contributed by atoms with van der Waals surface area (Å²) < 4.78 is 0. The molecular weight excluding hydrogens is 272 g/mol. The molecule has 2 unspecified atom stereocenters. The molecule has 0 spiro atoms. The van der Waals surface area contributed by atoms with Crippen molar-refractivity contribution in [2.75, 3.05) is 0 Å². The van der Waals surface area contributed by atoms with Gasteiger partial charge < -0.3 is 10.2 Å². The summed E-state index contributed by atoms with van der Waals surface area (Å²) >= 11 is 0. The molecular formula is C20H28O2. The minimum absolute atomic E-state index is 0.490. The van der Waals surface area contributed by atoms with E-state index in [9.17, 15) is 10.2 Å². The third kappa shape index (κ3) is 3.88. The van der Waals surface area contributed by atoms with Crippen molar-refractivity contribution in [3.63, 3.8) is 0 Å². The second-order valence-corrected chi connectivity index (χ2v) is 6.11. The van der Waals surface area contributed by atoms with E-state index in [-0.39, 0.29) is 0 Å². The molecule has 0 saturated carbocycles. The molecule has 0 radical (unpaired) electrons. The van der Waals surface area contributed by atoms with Crippen molar-refractivity contribution in [2.45, 2.75) is 64.6 Å². The van der Waals surface area contributed by atoms with Gasteiger partial charge in [0.25, 0.3) is 0 Å². The Morgan fingerprint density at radius 1 is 0.818 bits per heavy atom. The van der Waals surface area contributed by atoms with Gasteiger partial charge in [-0.15, -0.1) is 0 Å². The van der Waals surface area contributed by atoms with Crippen molar-refractivity contribution in [3.05, 3.63) is 47.5 Å². The Bertz CT molecular complexity index is 591. The van der Waals surface area contributed by atoms with Crippen molar-refractivity contribution in [3.8, 4) is 0 Å². The van der Waals surface area contributed by atoms with Crippen LogP contribution in [0.15, 0.2) is 36.4 Å². The van der Waals surface area contributed by atoms with Crippen molar-refractivity contribution < 1.29 is 10.2 Å². The Labute approximate surface area is 133 Å². The van der Waals surface area contributed by atoms with Crippen molar-refractivity contribution in [2.24, 2.45) is 0 Å². The first-order valence-corrected chi connectivity index (χ1v) is 8.56. The van der Waals surface area contributed by atoms with E-state index in [0.29, 0.717) is 0 Å². The van der Waals surface area contributed by atoms with Crippen LogP contribution in [0.2, 0.25) is 0 Å². The predicted octanol–water partition coefficient (Wildman–Crippen LogP) is 5.29. The molecule has 0 bridgehead atoms. The second kappa shape index (κ2) is 8.30. The van der Waals surface area contributed by atoms with Gasteiger partial charge in [0.1, 0.15) is 0 Å². The maximum Gasteiger partial charge on any atom is 0.0799 e. The maximum atomic E-state index is 10.7. The fourth-order valence-corrected chi connectivity index (χ4v) is 3.07. The van der Waals surface area contributed by atoms with Gasteiger partial charge in [-0.1, -0.05) is 75.9 Å². The summed E-state index contributed by atoms with van der Waals surface area (Å²) in [6, 6.07) is 12.2. The Morgan fingerprint density at radius 3 is 2.14 bits per heavy atom. The third-order valence-electron chi connectivity index (χ3n) is 4.36. The minimum Gasteiger partial charge on any atom is -0.388 e. The fourth-order valence-electron chi connectivity index (χ4n) is 3.07. The average Bonchev–Trinajstić information content (AvgIpc) is 2.56. The SMILES string of the molecule is CCCCC(O)c1ccc2ccccc2c1C(O)CCCC. The van der Waals surface area contributed by atoms with Crippen molar-refractivity contribution in [1.82, 2.24) is 0 Å². The van der Waals surface area contributed by atoms with Gasteiger partial charge in [0.2, 0.25) is 0 Å². The molecule has 0 amide bonds. The number of benzene rings is 2. The monoisotopic (exact) mass is 300 g/mol. The van der Waals surface area contributed by atoms with E-state index in [2.05, 4.69) is 32.0 Å². The van der Waals surface area contributed by atoms with Gasteiger partial charge in [-0.25, -0.2) is 0 Å². The van der Waals surface area contributed by atoms with Crippen LogP contribution in [0.4, 0.5) is 0 Å². The molecule has 2 aromatic rings. The standard InChI is InChI=1S/C20H28O2/c1-3-5-11-18(21)17-14-13-15-9-7-8-10-16(15)20(17)19(22)12-6-4-2/h7-10,13-14,18-19,21-22H,3-6,11-12H2,1-2H3. The van der Waals surface area contributed by atoms with Crippen LogP contribution in [0, 0.1) is 0 Å². The van der Waals surface area contributed by atoms with E-state index in [1.165, 1.54) is 0 Å². The number of rotatable bonds is 8. The topological polar surface area (TPSA) is 40.5 Å². The summed E-state index contributed by atoms with van der Waals surface area (Å²) in [4.78, 5) is 0. The summed E-state index contributed by atoms with van der Waals surface area (Å²) in [5, 5.41) is 23.4. The van der Waals surface area contributed by atoms with Crippen LogP contribution in [0.25, 0.3) is 10.8 Å². The molecule has 0 aromatic heterocycles. The molecule has 2 N–H and O–H groups in total. The number of hydrogen-bond acceptors (Lipinski definition) is 2. The lowest BCUT2D eigenvalue weighted by Gasteiger charge is -2.21. The predicted molar refractivity (Wildman–Crippen MR) is 92.9 cm³/mol. The number of aliphatic hydroxyl groups excluding tert-OH is 2. The highest BCUT2D eigenvalue weighted by atomic mass is 16.3. The molecule has 2 heteroatoms. The zero-order valence-electron chi connectivity index (χ0n) is 13.8. The molecule has 22 heavy (non-hydrogen) atoms. The van der Waals surface area contributed by atoms with E-state index in [0.717, 1.165) is 60.4 Å². The van der Waals surface area contributed by atoms with Crippen LogP contribution >= 0.6 is 0 Å². The first-order chi connectivity index (χ1) is 10.7. The molecule has 0 heterocycles. The fraction of sp³-hybridized carbons (Fsp3) is 0.500. The highest BCUT2D eigenvalue weighted by Gasteiger charge is 2.20. The van der Waals surface area contributed by atoms with Crippen molar-refractivity contribution >= 4 is 10.8 Å². The molecule has 0 aliphatic carbocycles. The molecule has 2 rings (SSSR count). The van der Waals surface area contributed by atoms with Crippen molar-refractivity contribution in [1.29, 1.82) is 0 Å². The summed E-state index contributed by atoms with van der Waals surface area (Å²) in [6.07, 6.45) is 4.63. The molecule has 0 saturated heterocycles. The highest BCUT2D eigenvalue weighted by Crippen LogP contribution is 2.35. The van der Waals surface area contributed by atoms with Gasteiger partial charge in [-0.2, -0.15) is 0 Å². The second-order valence-electron chi connectivity index (χ2n) is 6.11. The van der Waals surface area contributed by atoms with Gasteiger partial charge in [0.05, 0.1) is 12.2 Å². The quantitative estimate of drug-likeness (QED) is 0.695. The normalized spacial score (nSPS) is 14.2. The Hall–Kier alpha value is -1.38. The van der Waals surface area contributed by atoms with E-state index in [4.69, 9.17) is 0 Å². The van der Waals surface area contributed by atoms with Gasteiger partial charge in [0.15, 0.2) is 0 Å². The Kier molecular flexibility index (Phi) is 6.41. The molecule has 0 aliphatic rings. The minimum atomic E-state index is -0.502. The summed E-state index contributed by atoms with van der Waals surface area (Å²) in [6.45, 7) is 4.26. The van der Waals surface area contributed by atoms with Crippen LogP contribution in [0.3, 0.4) is 0 Å². The van der Waals surface area contributed by atoms with Gasteiger partial charge in [-0.3, -0.25) is 0 Å². The number of hydrogen-bond donors (Lipinski definition) is 2. The molecule has 120 valence electrons. The van der Waals surface area contributed by atoms with E-state index in [1.807, 2.05) is 18.2 Å². The van der Waals surface area contributed by atoms with Crippen LogP contribution in [-0.4, -0.2) is 10.2 Å². The van der Waals surface area contributed by atoms with E-state index >= 15 is 0 Å². The zero-order chi connectivity index (χ0) is 15.9. The molecule has 0 fully saturated rings. The Morgan fingerprint density at radius 2 is 1.45 bits per heavy atom. The summed E-state index contributed by atoms with van der Waals surface area (Å²) in [7, 11) is 0. The molecule has 2 atom stereocenters. The smallest absolute Gasteiger partial charge is 0.0799 e. The zero-order valence-corrected chi connectivity index (χ0v) is 13.8. The summed E-state index contributed by atoms with van der Waals surface area (Å²) in [5.41, 5.74) is 1.82. The van der Waals surface area contributed by atoms with Crippen LogP contribution in [0.5, 0.6) is 0 Å². The van der Waals surface area contributed by atoms with Gasteiger partial charge in [-0.05, 0) is 34.7 Å². The highest BCUT2D eigenvalue weighted by molar-refractivity contribution is 5.87. The summed E-state index contributed by atoms with van der Waals surface area (Å²) in [5.74, 6) is 0. The van der Waals surface area contributed by atoms with E-state index in [1.54, 1.807) is 0 Å². The lowest BCUT2D eigenvalue weighted by molar-refractivity contribution is 0.142. The lowest BCUT2D eigenvalue weighted by atomic mass is 9.89. The van der Waals surface area contributed by atoms with Gasteiger partial charge in [0, 0.05) is 0 Å². The maximum absolute atomic E-state index is 10.7. The van der Waals surface area contributed by atoms with Crippen LogP contribution < -0.4 is 0 Å². The molecule has 2 nitrogen and oxygen atoms in total. The van der Waals surface area contributed by atoms with Gasteiger partial charge >= 0.3 is 0 Å². The molecule has 0 aliphatic heterocycles. The number of unbranched alkanes of at least 4 members (excludes halogenated alkanes) is 2. The first-order valence-electron chi connectivity index (χ1n) is 8.56. The van der Waals surface area contributed by atoms with E-state index < -0.39 is 12.2 Å². The number of aliphatic hydroxyl groups is 2. The number of fused-ring (bicyclic) bond motifs is 1. The van der Waals surface area contributed by atoms with Crippen LogP contribution in [-0.2, 0) is 0 Å². The third-order valence-corrected chi connectivity index (χ3v) is 4.36.